The van der Waals surface area contributed by atoms with Crippen LogP contribution in [0.4, 0.5) is 5.82 Å². The Morgan fingerprint density at radius 2 is 2.03 bits per heavy atom. The number of aliphatic hydroxyl groups is 2. The summed E-state index contributed by atoms with van der Waals surface area (Å²) in [5.41, 5.74) is 8.16. The monoisotopic (exact) mass is 485 g/mol. The van der Waals surface area contributed by atoms with Crippen molar-refractivity contribution in [2.75, 3.05) is 32.7 Å². The molecule has 5 unspecified atom stereocenters. The van der Waals surface area contributed by atoms with Crippen LogP contribution in [-0.4, -0.2) is 87.7 Å². The summed E-state index contributed by atoms with van der Waals surface area (Å²) < 4.78 is 12.6. The Morgan fingerprint density at radius 3 is 2.69 bits per heavy atom. The molecule has 1 fully saturated rings. The van der Waals surface area contributed by atoms with Crippen molar-refractivity contribution in [3.05, 3.63) is 42.5 Å². The molecule has 0 bridgehead atoms. The van der Waals surface area contributed by atoms with Gasteiger partial charge in [-0.1, -0.05) is 12.1 Å². The van der Waals surface area contributed by atoms with Gasteiger partial charge in [-0.3, -0.25) is 9.36 Å². The molecule has 188 valence electrons. The molecule has 2 aromatic heterocycles. The minimum Gasteiger partial charge on any atom is -0.497 e. The lowest BCUT2D eigenvalue weighted by Crippen LogP contribution is -2.53. The number of fused-ring (bicyclic) bond motifs is 1. The van der Waals surface area contributed by atoms with Gasteiger partial charge in [0, 0.05) is 14.1 Å². The first kappa shape index (κ1) is 24.8. The number of nitrogens with two attached hydrogens (primary N) is 1. The Balaban J connectivity index is 1.44. The summed E-state index contributed by atoms with van der Waals surface area (Å²) in [5, 5.41) is 23.7. The predicted octanol–water partition coefficient (Wildman–Crippen LogP) is -0.404. The second-order valence-corrected chi connectivity index (χ2v) is 8.68. The lowest BCUT2D eigenvalue weighted by molar-refractivity contribution is -0.124. The average Bonchev–Trinajstić information content (AvgIpc) is 3.43. The number of imidazole rings is 1. The molecule has 1 aromatic carbocycles. The van der Waals surface area contributed by atoms with Crippen LogP contribution in [0.1, 0.15) is 18.2 Å². The minimum absolute atomic E-state index is 0.399. The average molecular weight is 486 g/mol. The van der Waals surface area contributed by atoms with Gasteiger partial charge in [0.2, 0.25) is 5.91 Å². The molecule has 1 aliphatic rings. The highest BCUT2D eigenvalue weighted by Crippen LogP contribution is 2.32. The highest BCUT2D eigenvalue weighted by Gasteiger charge is 2.46. The van der Waals surface area contributed by atoms with Crippen LogP contribution in [0, 0.1) is 0 Å². The van der Waals surface area contributed by atoms with Gasteiger partial charge in [-0.05, 0) is 30.5 Å². The molecule has 1 amide bonds. The Kier molecular flexibility index (Phi) is 7.45. The zero-order valence-corrected chi connectivity index (χ0v) is 19.9. The van der Waals surface area contributed by atoms with Crippen LogP contribution in [0.2, 0.25) is 0 Å². The molecule has 3 aromatic rings. The van der Waals surface area contributed by atoms with Crippen LogP contribution in [0.25, 0.3) is 11.2 Å². The summed E-state index contributed by atoms with van der Waals surface area (Å²) in [6.07, 6.45) is 0.999. The van der Waals surface area contributed by atoms with Crippen LogP contribution < -0.4 is 20.7 Å². The van der Waals surface area contributed by atoms with Crippen molar-refractivity contribution in [1.82, 2.24) is 24.8 Å². The number of carbonyl (C=O) groups is 1. The van der Waals surface area contributed by atoms with E-state index in [-0.39, 0.29) is 0 Å². The fourth-order valence-corrected chi connectivity index (χ4v) is 4.18. The van der Waals surface area contributed by atoms with Crippen molar-refractivity contribution in [1.29, 1.82) is 0 Å². The number of hydrogen-bond donors (Lipinski definition) is 4. The number of aryl methyl sites for hydroxylation is 1. The number of carbonyl (C=O) groups excluding carboxylic acids is 1. The quantitative estimate of drug-likeness (QED) is 0.314. The Bertz CT molecular complexity index is 1150. The van der Waals surface area contributed by atoms with Crippen LogP contribution in [0.15, 0.2) is 36.9 Å². The van der Waals surface area contributed by atoms with E-state index in [0.717, 1.165) is 11.3 Å². The molecule has 1 saturated heterocycles. The molecule has 35 heavy (non-hydrogen) atoms. The fraction of sp³-hybridized carbons (Fsp3) is 0.478. The van der Waals surface area contributed by atoms with E-state index in [9.17, 15) is 15.0 Å². The van der Waals surface area contributed by atoms with Crippen LogP contribution >= 0.6 is 0 Å². The van der Waals surface area contributed by atoms with Crippen molar-refractivity contribution < 1.29 is 24.5 Å². The fourth-order valence-electron chi connectivity index (χ4n) is 4.18. The summed E-state index contributed by atoms with van der Waals surface area (Å²) in [6.45, 7) is -0.399. The number of aromatic nitrogens is 4. The lowest BCUT2D eigenvalue weighted by Gasteiger charge is -2.23. The largest absolute Gasteiger partial charge is 0.497 e. The zero-order chi connectivity index (χ0) is 25.1. The van der Waals surface area contributed by atoms with Crippen LogP contribution in [0.5, 0.6) is 5.75 Å². The van der Waals surface area contributed by atoms with Gasteiger partial charge in [-0.2, -0.15) is 0 Å². The number of benzene rings is 1. The van der Waals surface area contributed by atoms with Gasteiger partial charge in [-0.25, -0.2) is 15.0 Å². The van der Waals surface area contributed by atoms with Gasteiger partial charge in [0.1, 0.15) is 24.3 Å². The van der Waals surface area contributed by atoms with E-state index in [2.05, 4.69) is 20.3 Å². The van der Waals surface area contributed by atoms with Crippen molar-refractivity contribution in [3.63, 3.8) is 0 Å². The van der Waals surface area contributed by atoms with E-state index in [0.29, 0.717) is 29.8 Å². The molecule has 12 heteroatoms. The highest BCUT2D eigenvalue weighted by molar-refractivity contribution is 5.83. The molecule has 0 aliphatic carbocycles. The van der Waals surface area contributed by atoms with Gasteiger partial charge in [0.25, 0.3) is 0 Å². The number of hydrogen-bond acceptors (Lipinski definition) is 10. The molecule has 3 heterocycles. The summed E-state index contributed by atoms with van der Waals surface area (Å²) in [6, 6.07) is 5.89. The van der Waals surface area contributed by atoms with Gasteiger partial charge in [0.05, 0.1) is 32.1 Å². The van der Waals surface area contributed by atoms with E-state index in [1.165, 1.54) is 12.7 Å². The molecular formula is C23H31N7O5. The number of anilines is 1. The number of nitrogens with zero attached hydrogens (tertiary/aromatic N) is 5. The van der Waals surface area contributed by atoms with E-state index in [4.69, 9.17) is 15.2 Å². The number of aliphatic hydroxyl groups excluding tert-OH is 2. The molecule has 5 atom stereocenters. The zero-order valence-electron chi connectivity index (χ0n) is 19.9. The number of rotatable bonds is 9. The predicted molar refractivity (Wildman–Crippen MR) is 128 cm³/mol. The first-order valence-corrected chi connectivity index (χ1v) is 11.3. The van der Waals surface area contributed by atoms with E-state index in [1.54, 1.807) is 16.6 Å². The maximum absolute atomic E-state index is 12.8. The number of ether oxygens (including phenoxy) is 2. The van der Waals surface area contributed by atoms with Crippen molar-refractivity contribution in [2.45, 2.75) is 43.4 Å². The molecule has 0 radical (unpaired) electrons. The number of methoxy groups -OCH3 is 1. The van der Waals surface area contributed by atoms with E-state index >= 15 is 0 Å². The Morgan fingerprint density at radius 1 is 1.29 bits per heavy atom. The van der Waals surface area contributed by atoms with Crippen LogP contribution in [-0.2, 0) is 16.0 Å². The summed E-state index contributed by atoms with van der Waals surface area (Å²) in [5.74, 6) is 0.941. The van der Waals surface area contributed by atoms with E-state index in [1.807, 2.05) is 38.4 Å². The van der Waals surface area contributed by atoms with Crippen molar-refractivity contribution in [2.24, 2.45) is 5.73 Å². The topological polar surface area (TPSA) is 161 Å². The van der Waals surface area contributed by atoms with Crippen LogP contribution in [0.3, 0.4) is 0 Å². The molecule has 5 N–H and O–H groups in total. The van der Waals surface area contributed by atoms with Crippen molar-refractivity contribution >= 4 is 22.9 Å². The van der Waals surface area contributed by atoms with Gasteiger partial charge >= 0.3 is 0 Å². The normalized spacial score (nSPS) is 22.8. The third-order valence-corrected chi connectivity index (χ3v) is 6.14. The van der Waals surface area contributed by atoms with Gasteiger partial charge in [-0.15, -0.1) is 0 Å². The molecule has 4 rings (SSSR count). The standard InChI is InChI=1S/C23H31N7O5/c1-29(2)20-18-21(26-11-25-20)30(12-27-18)23-19(32)17(16(10-31)35-23)28-22(33)15(24)9-6-13-4-7-14(34-3)8-5-13/h4-5,7-8,11-12,15-17,19,23,31-32H,6,9-10,24H2,1-3H3,(H,28,33). The first-order valence-electron chi connectivity index (χ1n) is 11.3. The second-order valence-electron chi connectivity index (χ2n) is 8.68. The number of amides is 1. The SMILES string of the molecule is COc1ccc(CCC(N)C(=O)NC2C(CO)OC(n3cnc4c(N(C)C)ncnc43)C2O)cc1. The molecule has 0 spiro atoms. The summed E-state index contributed by atoms with van der Waals surface area (Å²) in [7, 11) is 5.28. The highest BCUT2D eigenvalue weighted by atomic mass is 16.5. The van der Waals surface area contributed by atoms with Gasteiger partial charge in [0.15, 0.2) is 23.2 Å². The molecule has 1 aliphatic heterocycles. The maximum Gasteiger partial charge on any atom is 0.237 e. The second kappa shape index (κ2) is 10.5. The summed E-state index contributed by atoms with van der Waals surface area (Å²) in [4.78, 5) is 27.5. The smallest absolute Gasteiger partial charge is 0.237 e. The third-order valence-electron chi connectivity index (χ3n) is 6.14. The molecule has 0 saturated carbocycles. The maximum atomic E-state index is 12.8. The number of nitrogens with one attached hydrogen (secondary N) is 1. The van der Waals surface area contributed by atoms with E-state index < -0.39 is 43.0 Å². The molecular weight excluding hydrogens is 454 g/mol. The van der Waals surface area contributed by atoms with Gasteiger partial charge < -0.3 is 35.6 Å². The first-order chi connectivity index (χ1) is 16.8. The van der Waals surface area contributed by atoms with Crippen molar-refractivity contribution in [3.8, 4) is 5.75 Å². The lowest BCUT2D eigenvalue weighted by atomic mass is 10.0. The Hall–Kier alpha value is -3.32. The third kappa shape index (κ3) is 5.05. The summed E-state index contributed by atoms with van der Waals surface area (Å²) >= 11 is 0. The molecule has 12 nitrogen and oxygen atoms in total. The Labute approximate surface area is 202 Å². The minimum atomic E-state index is -1.17.